The molecule has 104 valence electrons. The summed E-state index contributed by atoms with van der Waals surface area (Å²) in [6.45, 7) is 1.70. The zero-order chi connectivity index (χ0) is 13.8. The van der Waals surface area contributed by atoms with Gasteiger partial charge in [-0.05, 0) is 5.56 Å². The van der Waals surface area contributed by atoms with Gasteiger partial charge >= 0.3 is 5.56 Å². The van der Waals surface area contributed by atoms with Crippen LogP contribution in [0.3, 0.4) is 0 Å². The summed E-state index contributed by atoms with van der Waals surface area (Å²) in [5.41, 5.74) is 1.42. The van der Waals surface area contributed by atoms with Gasteiger partial charge in [-0.15, -0.1) is 0 Å². The van der Waals surface area contributed by atoms with E-state index in [1.165, 1.54) is 4.68 Å². The summed E-state index contributed by atoms with van der Waals surface area (Å²) in [7, 11) is 0. The quantitative estimate of drug-likeness (QED) is 0.907. The van der Waals surface area contributed by atoms with Crippen LogP contribution in [0.2, 0.25) is 0 Å². The standard InChI is InChI=1S/C14H15N3O3/c18-14-13-12(15-6-7-20-13)8-16-17(14)10-19-9-11-4-2-1-3-5-11/h1-5,8,15H,6-7,9-10H2. The average Bonchev–Trinajstić information content (AvgIpc) is 2.51. The number of rotatable bonds is 4. The fourth-order valence-electron chi connectivity index (χ4n) is 1.99. The van der Waals surface area contributed by atoms with Gasteiger partial charge in [0.25, 0.3) is 0 Å². The molecule has 20 heavy (non-hydrogen) atoms. The molecule has 1 aliphatic rings. The highest BCUT2D eigenvalue weighted by molar-refractivity contribution is 5.54. The molecule has 0 aliphatic carbocycles. The van der Waals surface area contributed by atoms with Crippen LogP contribution in [0.5, 0.6) is 5.75 Å². The summed E-state index contributed by atoms with van der Waals surface area (Å²) in [4.78, 5) is 12.1. The smallest absolute Gasteiger partial charge is 0.313 e. The van der Waals surface area contributed by atoms with Crippen molar-refractivity contribution < 1.29 is 9.47 Å². The molecule has 1 aliphatic heterocycles. The van der Waals surface area contributed by atoms with E-state index in [-0.39, 0.29) is 12.3 Å². The highest BCUT2D eigenvalue weighted by atomic mass is 16.5. The van der Waals surface area contributed by atoms with Gasteiger partial charge in [-0.1, -0.05) is 30.3 Å². The normalized spacial score (nSPS) is 13.2. The number of hydrogen-bond donors (Lipinski definition) is 1. The van der Waals surface area contributed by atoms with Crippen LogP contribution in [0.15, 0.2) is 41.3 Å². The number of hydrogen-bond acceptors (Lipinski definition) is 5. The Hall–Kier alpha value is -2.34. The van der Waals surface area contributed by atoms with Gasteiger partial charge in [0.1, 0.15) is 19.0 Å². The number of nitrogens with one attached hydrogen (secondary N) is 1. The molecule has 0 bridgehead atoms. The van der Waals surface area contributed by atoms with Crippen LogP contribution in [0.4, 0.5) is 5.69 Å². The number of aromatic nitrogens is 2. The van der Waals surface area contributed by atoms with Crippen molar-refractivity contribution in [2.45, 2.75) is 13.3 Å². The van der Waals surface area contributed by atoms with E-state index in [0.29, 0.717) is 31.2 Å². The average molecular weight is 273 g/mol. The SMILES string of the molecule is O=c1c2c(cnn1COCc1ccccc1)NCCO2. The van der Waals surface area contributed by atoms with Crippen LogP contribution in [-0.4, -0.2) is 22.9 Å². The fourth-order valence-corrected chi connectivity index (χ4v) is 1.99. The molecule has 6 heteroatoms. The summed E-state index contributed by atoms with van der Waals surface area (Å²) in [5.74, 6) is 0.314. The van der Waals surface area contributed by atoms with E-state index in [4.69, 9.17) is 9.47 Å². The predicted molar refractivity (Wildman–Crippen MR) is 73.7 cm³/mol. The van der Waals surface area contributed by atoms with Gasteiger partial charge in [0.15, 0.2) is 0 Å². The van der Waals surface area contributed by atoms with E-state index in [1.807, 2.05) is 30.3 Å². The molecular weight excluding hydrogens is 258 g/mol. The minimum atomic E-state index is -0.275. The summed E-state index contributed by atoms with van der Waals surface area (Å²) in [6, 6.07) is 9.78. The number of ether oxygens (including phenoxy) is 2. The van der Waals surface area contributed by atoms with Crippen LogP contribution >= 0.6 is 0 Å². The van der Waals surface area contributed by atoms with E-state index >= 15 is 0 Å². The van der Waals surface area contributed by atoms with Crippen LogP contribution in [0.1, 0.15) is 5.56 Å². The predicted octanol–water partition coefficient (Wildman–Crippen LogP) is 1.22. The summed E-state index contributed by atoms with van der Waals surface area (Å²) < 4.78 is 12.1. The molecule has 2 aromatic rings. The monoisotopic (exact) mass is 273 g/mol. The molecule has 3 rings (SSSR count). The Morgan fingerprint density at radius 2 is 2.20 bits per heavy atom. The second kappa shape index (κ2) is 5.75. The van der Waals surface area contributed by atoms with E-state index in [9.17, 15) is 4.79 Å². The van der Waals surface area contributed by atoms with Crippen LogP contribution < -0.4 is 15.6 Å². The Balaban J connectivity index is 1.68. The lowest BCUT2D eigenvalue weighted by atomic mass is 10.2. The molecule has 1 N–H and O–H groups in total. The maximum absolute atomic E-state index is 12.1. The van der Waals surface area contributed by atoms with Crippen molar-refractivity contribution in [2.24, 2.45) is 0 Å². The Bertz CT molecular complexity index is 640. The Labute approximate surface area is 115 Å². The Morgan fingerprint density at radius 1 is 1.35 bits per heavy atom. The van der Waals surface area contributed by atoms with Crippen molar-refractivity contribution in [3.63, 3.8) is 0 Å². The van der Waals surface area contributed by atoms with Gasteiger partial charge in [-0.3, -0.25) is 4.79 Å². The molecule has 0 radical (unpaired) electrons. The van der Waals surface area contributed by atoms with E-state index < -0.39 is 0 Å². The second-order valence-corrected chi connectivity index (χ2v) is 4.43. The van der Waals surface area contributed by atoms with Crippen molar-refractivity contribution in [3.8, 4) is 5.75 Å². The highest BCUT2D eigenvalue weighted by Crippen LogP contribution is 2.20. The van der Waals surface area contributed by atoms with Crippen molar-refractivity contribution in [1.82, 2.24) is 9.78 Å². The zero-order valence-electron chi connectivity index (χ0n) is 10.9. The van der Waals surface area contributed by atoms with Gasteiger partial charge in [0.05, 0.1) is 12.8 Å². The van der Waals surface area contributed by atoms with Crippen molar-refractivity contribution in [3.05, 3.63) is 52.4 Å². The summed E-state index contributed by atoms with van der Waals surface area (Å²) in [6.07, 6.45) is 1.59. The maximum atomic E-state index is 12.1. The molecule has 0 unspecified atom stereocenters. The number of benzene rings is 1. The van der Waals surface area contributed by atoms with Gasteiger partial charge in [0.2, 0.25) is 5.75 Å². The molecule has 0 atom stereocenters. The largest absolute Gasteiger partial charge is 0.484 e. The first-order valence-corrected chi connectivity index (χ1v) is 6.43. The molecule has 6 nitrogen and oxygen atoms in total. The lowest BCUT2D eigenvalue weighted by Crippen LogP contribution is -2.30. The third kappa shape index (κ3) is 2.65. The van der Waals surface area contributed by atoms with Crippen molar-refractivity contribution in [2.75, 3.05) is 18.5 Å². The molecular formula is C14H15N3O3. The van der Waals surface area contributed by atoms with Gasteiger partial charge < -0.3 is 14.8 Å². The fraction of sp³-hybridized carbons (Fsp3) is 0.286. The highest BCUT2D eigenvalue weighted by Gasteiger charge is 2.16. The van der Waals surface area contributed by atoms with Crippen LogP contribution in [-0.2, 0) is 18.1 Å². The minimum Gasteiger partial charge on any atom is -0.484 e. The third-order valence-electron chi connectivity index (χ3n) is 2.99. The van der Waals surface area contributed by atoms with Gasteiger partial charge in [-0.25, -0.2) is 4.68 Å². The molecule has 0 spiro atoms. The van der Waals surface area contributed by atoms with Crippen LogP contribution in [0, 0.1) is 0 Å². The zero-order valence-corrected chi connectivity index (χ0v) is 10.9. The molecule has 1 aromatic carbocycles. The number of fused-ring (bicyclic) bond motifs is 1. The minimum absolute atomic E-state index is 0.102. The van der Waals surface area contributed by atoms with Crippen LogP contribution in [0.25, 0.3) is 0 Å². The topological polar surface area (TPSA) is 65.4 Å². The Morgan fingerprint density at radius 3 is 3.05 bits per heavy atom. The number of anilines is 1. The molecule has 0 saturated carbocycles. The molecule has 0 amide bonds. The first-order valence-electron chi connectivity index (χ1n) is 6.43. The first kappa shape index (κ1) is 12.7. The van der Waals surface area contributed by atoms with E-state index in [1.54, 1.807) is 6.20 Å². The molecule has 2 heterocycles. The second-order valence-electron chi connectivity index (χ2n) is 4.43. The van der Waals surface area contributed by atoms with Gasteiger partial charge in [0, 0.05) is 6.54 Å². The summed E-state index contributed by atoms with van der Waals surface area (Å²) in [5, 5.41) is 7.13. The lowest BCUT2D eigenvalue weighted by molar-refractivity contribution is 0.0520. The molecule has 0 fully saturated rings. The van der Waals surface area contributed by atoms with E-state index in [0.717, 1.165) is 5.56 Å². The molecule has 1 aromatic heterocycles. The van der Waals surface area contributed by atoms with Crippen molar-refractivity contribution >= 4 is 5.69 Å². The maximum Gasteiger partial charge on any atom is 0.313 e. The first-order chi connectivity index (χ1) is 9.84. The van der Waals surface area contributed by atoms with E-state index in [2.05, 4.69) is 10.4 Å². The molecule has 0 saturated heterocycles. The summed E-state index contributed by atoms with van der Waals surface area (Å²) >= 11 is 0. The third-order valence-corrected chi connectivity index (χ3v) is 2.99. The Kier molecular flexibility index (Phi) is 3.64. The van der Waals surface area contributed by atoms with Crippen molar-refractivity contribution in [1.29, 1.82) is 0 Å². The van der Waals surface area contributed by atoms with Gasteiger partial charge in [-0.2, -0.15) is 5.10 Å². The number of nitrogens with zero attached hydrogens (tertiary/aromatic N) is 2. The lowest BCUT2D eigenvalue weighted by Gasteiger charge is -2.18.